The number of methoxy groups -OCH3 is 1. The first-order valence-corrected chi connectivity index (χ1v) is 10.7. The molecule has 2 aliphatic heterocycles. The SMILES string of the molecule is COC1(Sc2nnnn2C)C(=O)N2C(C(=O)C(C)(C)C)=C(C)CS(=O)(=O)[C@H]21. The van der Waals surface area contributed by atoms with Gasteiger partial charge >= 0.3 is 0 Å². The molecule has 10 nitrogen and oxygen atoms in total. The molecule has 1 saturated heterocycles. The van der Waals surface area contributed by atoms with E-state index in [4.69, 9.17) is 4.74 Å². The molecule has 0 bridgehead atoms. The van der Waals surface area contributed by atoms with E-state index >= 15 is 0 Å². The van der Waals surface area contributed by atoms with Gasteiger partial charge in [0.15, 0.2) is 21.0 Å². The van der Waals surface area contributed by atoms with Crippen molar-refractivity contribution in [3.05, 3.63) is 11.3 Å². The van der Waals surface area contributed by atoms with Gasteiger partial charge in [0.2, 0.25) is 10.1 Å². The second-order valence-electron chi connectivity index (χ2n) is 7.60. The van der Waals surface area contributed by atoms with Crippen molar-refractivity contribution in [3.63, 3.8) is 0 Å². The topological polar surface area (TPSA) is 124 Å². The summed E-state index contributed by atoms with van der Waals surface area (Å²) in [5, 5.41) is 9.89. The van der Waals surface area contributed by atoms with Crippen LogP contribution < -0.4 is 0 Å². The fourth-order valence-corrected chi connectivity index (χ4v) is 6.85. The van der Waals surface area contributed by atoms with E-state index in [-0.39, 0.29) is 22.4 Å². The Balaban J connectivity index is 2.11. The number of β-lactam (4-membered cyclic amide) rings is 1. The Morgan fingerprint density at radius 2 is 2.00 bits per heavy atom. The number of tetrazole rings is 1. The monoisotopic (exact) mass is 415 g/mol. The van der Waals surface area contributed by atoms with Gasteiger partial charge in [-0.25, -0.2) is 13.1 Å². The van der Waals surface area contributed by atoms with Gasteiger partial charge in [0, 0.05) is 19.6 Å². The first-order chi connectivity index (χ1) is 12.4. The van der Waals surface area contributed by atoms with Crippen LogP contribution in [0.5, 0.6) is 0 Å². The average molecular weight is 415 g/mol. The number of sulfone groups is 1. The molecular weight excluding hydrogens is 394 g/mol. The number of allylic oxidation sites excluding steroid dienone is 1. The van der Waals surface area contributed by atoms with Crippen LogP contribution in [0.25, 0.3) is 0 Å². The summed E-state index contributed by atoms with van der Waals surface area (Å²) in [6.07, 6.45) is 0. The molecule has 1 aromatic heterocycles. The second-order valence-corrected chi connectivity index (χ2v) is 10.8. The minimum atomic E-state index is -3.78. The van der Waals surface area contributed by atoms with Crippen LogP contribution in [-0.4, -0.2) is 68.4 Å². The number of ketones is 1. The molecule has 3 heterocycles. The number of nitrogens with zero attached hydrogens (tertiary/aromatic N) is 5. The summed E-state index contributed by atoms with van der Waals surface area (Å²) in [4.78, 5) is 25.3. The fourth-order valence-electron chi connectivity index (χ4n) is 3.18. The molecule has 1 fully saturated rings. The molecule has 0 radical (unpaired) electrons. The lowest BCUT2D eigenvalue weighted by Crippen LogP contribution is -2.77. The van der Waals surface area contributed by atoms with Gasteiger partial charge in [-0.3, -0.25) is 14.5 Å². The number of Topliss-reactive ketones (excluding diaryl/α,β-unsaturated/α-hetero) is 1. The van der Waals surface area contributed by atoms with Crippen LogP contribution in [0.3, 0.4) is 0 Å². The third-order valence-electron chi connectivity index (χ3n) is 4.50. The largest absolute Gasteiger partial charge is 0.355 e. The van der Waals surface area contributed by atoms with Crippen molar-refractivity contribution in [2.24, 2.45) is 12.5 Å². The molecule has 27 heavy (non-hydrogen) atoms. The third-order valence-corrected chi connectivity index (χ3v) is 8.11. The quantitative estimate of drug-likeness (QED) is 0.498. The number of ether oxygens (including phenoxy) is 1. The Labute approximate surface area is 161 Å². The Hall–Kier alpha value is -1.79. The van der Waals surface area contributed by atoms with Crippen LogP contribution in [0.15, 0.2) is 16.4 Å². The number of aryl methyl sites for hydroxylation is 1. The van der Waals surface area contributed by atoms with E-state index in [0.29, 0.717) is 5.57 Å². The van der Waals surface area contributed by atoms with E-state index in [0.717, 1.165) is 16.7 Å². The number of hydrogen-bond donors (Lipinski definition) is 0. The maximum absolute atomic E-state index is 13.1. The van der Waals surface area contributed by atoms with Gasteiger partial charge in [0.05, 0.1) is 11.4 Å². The lowest BCUT2D eigenvalue weighted by molar-refractivity contribution is -0.166. The van der Waals surface area contributed by atoms with Crippen molar-refractivity contribution in [1.29, 1.82) is 0 Å². The number of fused-ring (bicyclic) bond motifs is 1. The summed E-state index contributed by atoms with van der Waals surface area (Å²) in [5.74, 6) is -1.22. The van der Waals surface area contributed by atoms with Crippen LogP contribution in [0, 0.1) is 5.41 Å². The van der Waals surface area contributed by atoms with E-state index in [2.05, 4.69) is 15.5 Å². The Morgan fingerprint density at radius 3 is 2.48 bits per heavy atom. The number of hydrogen-bond acceptors (Lipinski definition) is 9. The van der Waals surface area contributed by atoms with E-state index < -0.39 is 31.5 Å². The molecule has 148 valence electrons. The Bertz CT molecular complexity index is 961. The van der Waals surface area contributed by atoms with Crippen LogP contribution in [-0.2, 0) is 31.2 Å². The molecule has 0 N–H and O–H groups in total. The zero-order valence-corrected chi connectivity index (χ0v) is 17.5. The highest BCUT2D eigenvalue weighted by molar-refractivity contribution is 8.03. The molecule has 0 aromatic carbocycles. The van der Waals surface area contributed by atoms with Gasteiger partial charge in [-0.2, -0.15) is 0 Å². The van der Waals surface area contributed by atoms with Gasteiger partial charge in [-0.05, 0) is 34.7 Å². The summed E-state index contributed by atoms with van der Waals surface area (Å²) in [6, 6.07) is 0. The van der Waals surface area contributed by atoms with E-state index in [1.54, 1.807) is 34.7 Å². The zero-order chi connectivity index (χ0) is 20.4. The second kappa shape index (κ2) is 6.11. The summed E-state index contributed by atoms with van der Waals surface area (Å²) >= 11 is 0.830. The summed E-state index contributed by atoms with van der Waals surface area (Å²) in [5.41, 5.74) is -0.277. The van der Waals surface area contributed by atoms with Crippen LogP contribution in [0.1, 0.15) is 27.7 Å². The standard InChI is InChI=1S/C15H21N5O5S2/c1-8-7-27(23,24)12-15(25-6,26-13-16-17-18-19(13)5)11(22)20(12)9(8)10(21)14(2,3)4/h12H,7H2,1-6H3/t12-,15?/m0/s1. The predicted octanol–water partition coefficient (Wildman–Crippen LogP) is 0.131. The third kappa shape index (κ3) is 2.81. The fraction of sp³-hybridized carbons (Fsp3) is 0.667. The van der Waals surface area contributed by atoms with Gasteiger partial charge in [-0.1, -0.05) is 20.8 Å². The minimum Gasteiger partial charge on any atom is -0.355 e. The first-order valence-electron chi connectivity index (χ1n) is 8.13. The van der Waals surface area contributed by atoms with Crippen molar-refractivity contribution in [3.8, 4) is 0 Å². The smallest absolute Gasteiger partial charge is 0.275 e. The average Bonchev–Trinajstić information content (AvgIpc) is 2.94. The number of carbonyl (C=O) groups is 2. The number of amides is 1. The maximum atomic E-state index is 13.1. The highest BCUT2D eigenvalue weighted by atomic mass is 32.2. The van der Waals surface area contributed by atoms with Crippen molar-refractivity contribution < 1.29 is 22.7 Å². The zero-order valence-electron chi connectivity index (χ0n) is 15.9. The summed E-state index contributed by atoms with van der Waals surface area (Å²) < 4.78 is 32.6. The molecule has 2 atom stereocenters. The van der Waals surface area contributed by atoms with E-state index in [9.17, 15) is 18.0 Å². The molecule has 12 heteroatoms. The summed E-state index contributed by atoms with van der Waals surface area (Å²) in [7, 11) is -0.950. The Kier molecular flexibility index (Phi) is 4.51. The number of carbonyl (C=O) groups excluding carboxylic acids is 2. The molecule has 0 spiro atoms. The van der Waals surface area contributed by atoms with Crippen molar-refractivity contribution in [1.82, 2.24) is 25.1 Å². The van der Waals surface area contributed by atoms with Crippen LogP contribution in [0.2, 0.25) is 0 Å². The molecule has 0 saturated carbocycles. The van der Waals surface area contributed by atoms with Crippen LogP contribution in [0.4, 0.5) is 0 Å². The van der Waals surface area contributed by atoms with Crippen LogP contribution >= 0.6 is 11.8 Å². The molecular formula is C15H21N5O5S2. The van der Waals surface area contributed by atoms with Crippen molar-refractivity contribution >= 4 is 33.3 Å². The van der Waals surface area contributed by atoms with Gasteiger partial charge < -0.3 is 4.74 Å². The van der Waals surface area contributed by atoms with Crippen molar-refractivity contribution in [2.45, 2.75) is 43.2 Å². The van der Waals surface area contributed by atoms with Gasteiger partial charge in [0.1, 0.15) is 0 Å². The molecule has 1 unspecified atom stereocenters. The number of aromatic nitrogens is 4. The molecule has 1 amide bonds. The number of thioether (sulfide) groups is 1. The summed E-state index contributed by atoms with van der Waals surface area (Å²) in [6.45, 7) is 6.73. The lowest BCUT2D eigenvalue weighted by atomic mass is 9.86. The van der Waals surface area contributed by atoms with Gasteiger partial charge in [0.25, 0.3) is 5.91 Å². The minimum absolute atomic E-state index is 0.136. The normalized spacial score (nSPS) is 27.4. The highest BCUT2D eigenvalue weighted by Gasteiger charge is 2.71. The Morgan fingerprint density at radius 1 is 1.37 bits per heavy atom. The van der Waals surface area contributed by atoms with E-state index in [1.807, 2.05) is 0 Å². The molecule has 2 aliphatic rings. The van der Waals surface area contributed by atoms with Crippen molar-refractivity contribution in [2.75, 3.05) is 12.9 Å². The molecule has 3 rings (SSSR count). The van der Waals surface area contributed by atoms with E-state index in [1.165, 1.54) is 11.8 Å². The molecule has 1 aromatic rings. The maximum Gasteiger partial charge on any atom is 0.275 e. The number of rotatable bonds is 4. The highest BCUT2D eigenvalue weighted by Crippen LogP contribution is 2.53. The first kappa shape index (κ1) is 20.0. The molecule has 0 aliphatic carbocycles. The predicted molar refractivity (Wildman–Crippen MR) is 96.0 cm³/mol. The lowest BCUT2D eigenvalue weighted by Gasteiger charge is -2.55. The van der Waals surface area contributed by atoms with Gasteiger partial charge in [-0.15, -0.1) is 5.10 Å².